The van der Waals surface area contributed by atoms with E-state index in [1.807, 2.05) is 20.8 Å². The Balaban J connectivity index is 1.65. The lowest BCUT2D eigenvalue weighted by molar-refractivity contribution is -0.159. The van der Waals surface area contributed by atoms with E-state index in [2.05, 4.69) is 23.1 Å². The molecule has 3 atom stereocenters. The van der Waals surface area contributed by atoms with Crippen LogP contribution in [0.15, 0.2) is 24.0 Å². The molecule has 0 aromatic heterocycles. The van der Waals surface area contributed by atoms with Crippen molar-refractivity contribution in [2.24, 2.45) is 5.41 Å². The van der Waals surface area contributed by atoms with E-state index in [-0.39, 0.29) is 24.2 Å². The summed E-state index contributed by atoms with van der Waals surface area (Å²) in [7, 11) is 1.67. The van der Waals surface area contributed by atoms with Gasteiger partial charge in [-0.25, -0.2) is 0 Å². The van der Waals surface area contributed by atoms with E-state index in [9.17, 15) is 4.79 Å². The fraction of sp³-hybridized carbons (Fsp3) is 0.609. The Labute approximate surface area is 171 Å². The molecule has 0 saturated carbocycles. The molecule has 1 fully saturated rings. The van der Waals surface area contributed by atoms with Crippen LogP contribution in [0.25, 0.3) is 0 Å². The topological polar surface area (TPSA) is 57.2 Å². The highest BCUT2D eigenvalue weighted by Crippen LogP contribution is 2.55. The van der Waals surface area contributed by atoms with Gasteiger partial charge in [0.2, 0.25) is 6.79 Å². The van der Waals surface area contributed by atoms with Gasteiger partial charge in [0.25, 0.3) is 0 Å². The molecular weight excluding hydrogens is 370 g/mol. The number of fused-ring (bicyclic) bond motifs is 3. The van der Waals surface area contributed by atoms with Crippen molar-refractivity contribution >= 4 is 5.97 Å². The maximum atomic E-state index is 12.9. The van der Waals surface area contributed by atoms with Crippen LogP contribution < -0.4 is 9.47 Å². The van der Waals surface area contributed by atoms with Gasteiger partial charge in [0.05, 0.1) is 24.0 Å². The van der Waals surface area contributed by atoms with Crippen LogP contribution in [-0.4, -0.2) is 49.5 Å². The quantitative estimate of drug-likeness (QED) is 0.711. The highest BCUT2D eigenvalue weighted by Gasteiger charge is 2.58. The van der Waals surface area contributed by atoms with Crippen LogP contribution in [-0.2, 0) is 20.7 Å². The summed E-state index contributed by atoms with van der Waals surface area (Å²) in [6, 6.07) is 4.22. The van der Waals surface area contributed by atoms with Gasteiger partial charge in [-0.05, 0) is 75.9 Å². The number of carbonyl (C=O) groups excluding carboxylic acids is 1. The highest BCUT2D eigenvalue weighted by atomic mass is 16.7. The van der Waals surface area contributed by atoms with Crippen LogP contribution in [0, 0.1) is 5.41 Å². The van der Waals surface area contributed by atoms with Gasteiger partial charge < -0.3 is 18.9 Å². The second kappa shape index (κ2) is 6.39. The van der Waals surface area contributed by atoms with Gasteiger partial charge >= 0.3 is 5.97 Å². The van der Waals surface area contributed by atoms with Gasteiger partial charge in [-0.2, -0.15) is 0 Å². The third kappa shape index (κ3) is 2.75. The molecule has 1 aromatic carbocycles. The largest absolute Gasteiger partial charge is 0.497 e. The lowest BCUT2D eigenvalue weighted by Crippen LogP contribution is -2.47. The molecule has 1 aromatic rings. The fourth-order valence-corrected chi connectivity index (χ4v) is 5.39. The Morgan fingerprint density at radius 2 is 1.97 bits per heavy atom. The van der Waals surface area contributed by atoms with Gasteiger partial charge in [-0.1, -0.05) is 0 Å². The smallest absolute Gasteiger partial charge is 0.311 e. The van der Waals surface area contributed by atoms with Crippen LogP contribution in [0.5, 0.6) is 11.5 Å². The summed E-state index contributed by atoms with van der Waals surface area (Å²) in [5.74, 6) is 2.11. The van der Waals surface area contributed by atoms with Gasteiger partial charge in [0.15, 0.2) is 17.6 Å². The Bertz CT molecular complexity index is 886. The highest BCUT2D eigenvalue weighted by molar-refractivity contribution is 5.76. The summed E-state index contributed by atoms with van der Waals surface area (Å²) in [5, 5.41) is 0. The molecule has 4 aliphatic rings. The average Bonchev–Trinajstić information content (AvgIpc) is 3.35. The molecule has 5 rings (SSSR count). The van der Waals surface area contributed by atoms with Crippen molar-refractivity contribution in [1.82, 2.24) is 4.90 Å². The number of rotatable bonds is 2. The number of nitrogens with zero attached hydrogens (tertiary/aromatic N) is 1. The zero-order valence-electron chi connectivity index (χ0n) is 17.6. The maximum Gasteiger partial charge on any atom is 0.311 e. The molecule has 3 heterocycles. The summed E-state index contributed by atoms with van der Waals surface area (Å²) in [5.41, 5.74) is 1.67. The van der Waals surface area contributed by atoms with Crippen LogP contribution in [0.2, 0.25) is 0 Å². The molecular formula is C23H29NO5. The first kappa shape index (κ1) is 18.8. The van der Waals surface area contributed by atoms with Crippen LogP contribution in [0.4, 0.5) is 0 Å². The Morgan fingerprint density at radius 1 is 1.21 bits per heavy atom. The van der Waals surface area contributed by atoms with Crippen molar-refractivity contribution in [2.45, 2.75) is 57.6 Å². The Hall–Kier alpha value is -2.21. The first-order valence-corrected chi connectivity index (χ1v) is 10.5. The molecule has 1 saturated heterocycles. The SMILES string of the molecule is COC1=CC23CCCN2CCc2cc4c(cc2C3C1OC(=O)C(C)(C)C)OCO4. The molecule has 0 N–H and O–H groups in total. The zero-order valence-corrected chi connectivity index (χ0v) is 17.6. The lowest BCUT2D eigenvalue weighted by atomic mass is 9.77. The summed E-state index contributed by atoms with van der Waals surface area (Å²) in [6.07, 6.45) is 4.89. The predicted molar refractivity (Wildman–Crippen MR) is 107 cm³/mol. The first-order chi connectivity index (χ1) is 13.8. The molecule has 6 nitrogen and oxygen atoms in total. The monoisotopic (exact) mass is 399 g/mol. The molecule has 0 radical (unpaired) electrons. The van der Waals surface area contributed by atoms with E-state index in [0.717, 1.165) is 49.6 Å². The minimum Gasteiger partial charge on any atom is -0.497 e. The van der Waals surface area contributed by atoms with E-state index in [4.69, 9.17) is 18.9 Å². The number of benzene rings is 1. The van der Waals surface area contributed by atoms with E-state index in [1.54, 1.807) is 7.11 Å². The number of esters is 1. The number of carbonyl (C=O) groups is 1. The molecule has 1 spiro atoms. The third-order valence-corrected chi connectivity index (χ3v) is 6.81. The first-order valence-electron chi connectivity index (χ1n) is 10.5. The van der Waals surface area contributed by atoms with Crippen molar-refractivity contribution in [3.8, 4) is 11.5 Å². The van der Waals surface area contributed by atoms with E-state index in [1.165, 1.54) is 11.1 Å². The second-order valence-electron chi connectivity index (χ2n) is 9.54. The predicted octanol–water partition coefficient (Wildman–Crippen LogP) is 3.39. The molecule has 3 aliphatic heterocycles. The average molecular weight is 399 g/mol. The maximum absolute atomic E-state index is 12.9. The normalized spacial score (nSPS) is 30.1. The van der Waals surface area contributed by atoms with Crippen LogP contribution in [0.1, 0.15) is 50.7 Å². The summed E-state index contributed by atoms with van der Waals surface area (Å²) in [6.45, 7) is 7.93. The van der Waals surface area contributed by atoms with Gasteiger partial charge in [0, 0.05) is 6.54 Å². The molecule has 0 bridgehead atoms. The lowest BCUT2D eigenvalue weighted by Gasteiger charge is -2.39. The fourth-order valence-electron chi connectivity index (χ4n) is 5.39. The minimum atomic E-state index is -0.577. The molecule has 1 aliphatic carbocycles. The van der Waals surface area contributed by atoms with Gasteiger partial charge in [-0.3, -0.25) is 9.69 Å². The minimum absolute atomic E-state index is 0.0155. The molecule has 29 heavy (non-hydrogen) atoms. The number of methoxy groups -OCH3 is 1. The number of hydrogen-bond acceptors (Lipinski definition) is 6. The third-order valence-electron chi connectivity index (χ3n) is 6.81. The summed E-state index contributed by atoms with van der Waals surface area (Å²) < 4.78 is 23.3. The standard InChI is InChI=1S/C23H29NO5/c1-22(2,3)21(25)29-20-18(26-4)12-23-7-5-8-24(23)9-6-14-10-16-17(28-13-27-16)11-15(14)19(20)23/h10-12,19-20H,5-9,13H2,1-4H3. The zero-order chi connectivity index (χ0) is 20.4. The van der Waals surface area contributed by atoms with Crippen molar-refractivity contribution in [3.63, 3.8) is 0 Å². The number of ether oxygens (including phenoxy) is 4. The van der Waals surface area contributed by atoms with E-state index in [0.29, 0.717) is 0 Å². The number of hydrogen-bond donors (Lipinski definition) is 0. The van der Waals surface area contributed by atoms with Crippen molar-refractivity contribution in [1.29, 1.82) is 0 Å². The van der Waals surface area contributed by atoms with Crippen LogP contribution in [0.3, 0.4) is 0 Å². The molecule has 6 heteroatoms. The van der Waals surface area contributed by atoms with Crippen molar-refractivity contribution < 1.29 is 23.7 Å². The second-order valence-corrected chi connectivity index (χ2v) is 9.54. The van der Waals surface area contributed by atoms with Crippen molar-refractivity contribution in [2.75, 3.05) is 27.0 Å². The van der Waals surface area contributed by atoms with E-state index >= 15 is 0 Å². The molecule has 3 unspecified atom stereocenters. The summed E-state index contributed by atoms with van der Waals surface area (Å²) in [4.78, 5) is 15.4. The molecule has 156 valence electrons. The Kier molecular flexibility index (Phi) is 4.14. The van der Waals surface area contributed by atoms with Gasteiger partial charge in [0.1, 0.15) is 5.76 Å². The van der Waals surface area contributed by atoms with Gasteiger partial charge in [-0.15, -0.1) is 0 Å². The van der Waals surface area contributed by atoms with Crippen LogP contribution >= 0.6 is 0 Å². The van der Waals surface area contributed by atoms with E-state index < -0.39 is 11.5 Å². The molecule has 0 amide bonds. The Morgan fingerprint density at radius 3 is 2.69 bits per heavy atom. The summed E-state index contributed by atoms with van der Waals surface area (Å²) >= 11 is 0. The van der Waals surface area contributed by atoms with Crippen molar-refractivity contribution in [3.05, 3.63) is 35.1 Å².